The third-order valence-electron chi connectivity index (χ3n) is 2.83. The van der Waals surface area contributed by atoms with E-state index >= 15 is 0 Å². The van der Waals surface area contributed by atoms with E-state index in [1.165, 1.54) is 12.1 Å². The predicted molar refractivity (Wildman–Crippen MR) is 79.1 cm³/mol. The highest BCUT2D eigenvalue weighted by molar-refractivity contribution is 9.10. The van der Waals surface area contributed by atoms with Crippen LogP contribution >= 0.6 is 27.5 Å². The molecule has 0 saturated heterocycles. The fourth-order valence-corrected chi connectivity index (χ4v) is 2.51. The Morgan fingerprint density at radius 2 is 2.21 bits per heavy atom. The molecule has 0 aliphatic carbocycles. The Labute approximate surface area is 124 Å². The molecule has 2 aromatic rings. The second kappa shape index (κ2) is 5.92. The molecule has 1 heterocycles. The number of hydrogen-bond acceptors (Lipinski definition) is 2. The zero-order valence-corrected chi connectivity index (χ0v) is 13.0. The van der Waals surface area contributed by atoms with E-state index < -0.39 is 0 Å². The van der Waals surface area contributed by atoms with Gasteiger partial charge in [-0.05, 0) is 48.0 Å². The molecule has 2 rings (SSSR count). The summed E-state index contributed by atoms with van der Waals surface area (Å²) in [6, 6.07) is 4.30. The molecule has 0 spiro atoms. The first-order valence-corrected chi connectivity index (χ1v) is 7.10. The van der Waals surface area contributed by atoms with Gasteiger partial charge in [-0.3, -0.25) is 4.68 Å². The van der Waals surface area contributed by atoms with Gasteiger partial charge in [0.1, 0.15) is 5.82 Å². The molecule has 102 valence electrons. The van der Waals surface area contributed by atoms with Crippen LogP contribution in [-0.4, -0.2) is 9.78 Å². The summed E-state index contributed by atoms with van der Waals surface area (Å²) in [5.74, 6) is -0.342. The van der Waals surface area contributed by atoms with E-state index in [0.717, 1.165) is 22.4 Å². The van der Waals surface area contributed by atoms with Crippen LogP contribution < -0.4 is 5.32 Å². The van der Waals surface area contributed by atoms with Gasteiger partial charge in [-0.1, -0.05) is 11.6 Å². The molecule has 0 saturated carbocycles. The van der Waals surface area contributed by atoms with Gasteiger partial charge in [-0.25, -0.2) is 4.39 Å². The lowest BCUT2D eigenvalue weighted by Crippen LogP contribution is -2.08. The van der Waals surface area contributed by atoms with E-state index in [-0.39, 0.29) is 5.82 Å². The average molecular weight is 347 g/mol. The van der Waals surface area contributed by atoms with Gasteiger partial charge in [0.2, 0.25) is 0 Å². The minimum absolute atomic E-state index is 0.342. The van der Waals surface area contributed by atoms with E-state index in [0.29, 0.717) is 17.3 Å². The van der Waals surface area contributed by atoms with Gasteiger partial charge in [-0.15, -0.1) is 0 Å². The van der Waals surface area contributed by atoms with E-state index in [1.807, 2.05) is 18.5 Å². The Morgan fingerprint density at radius 1 is 1.47 bits per heavy atom. The van der Waals surface area contributed by atoms with Crippen molar-refractivity contribution < 1.29 is 4.39 Å². The summed E-state index contributed by atoms with van der Waals surface area (Å²) in [7, 11) is 0. The Kier molecular flexibility index (Phi) is 4.47. The van der Waals surface area contributed by atoms with Gasteiger partial charge in [-0.2, -0.15) is 5.10 Å². The number of hydrogen-bond donors (Lipinski definition) is 1. The third-order valence-corrected chi connectivity index (χ3v) is 4.17. The summed E-state index contributed by atoms with van der Waals surface area (Å²) in [6.45, 7) is 5.35. The lowest BCUT2D eigenvalue weighted by Gasteiger charge is -2.10. The van der Waals surface area contributed by atoms with Crippen LogP contribution in [0.1, 0.15) is 18.3 Å². The van der Waals surface area contributed by atoms with Crippen LogP contribution in [-0.2, 0) is 13.1 Å². The molecule has 0 unspecified atom stereocenters. The fraction of sp³-hybridized carbons (Fsp3) is 0.308. The van der Waals surface area contributed by atoms with E-state index in [9.17, 15) is 4.39 Å². The van der Waals surface area contributed by atoms with Crippen LogP contribution in [0.4, 0.5) is 10.1 Å². The molecule has 1 N–H and O–H groups in total. The van der Waals surface area contributed by atoms with Crippen molar-refractivity contribution in [3.8, 4) is 0 Å². The van der Waals surface area contributed by atoms with Gasteiger partial charge < -0.3 is 5.32 Å². The molecular formula is C13H14BrClFN3. The number of benzene rings is 1. The Bertz CT molecular complexity index is 598. The van der Waals surface area contributed by atoms with Crippen molar-refractivity contribution in [3.63, 3.8) is 0 Å². The minimum Gasteiger partial charge on any atom is -0.378 e. The quantitative estimate of drug-likeness (QED) is 0.890. The molecule has 19 heavy (non-hydrogen) atoms. The first-order chi connectivity index (χ1) is 9.02. The second-order valence-corrected chi connectivity index (χ2v) is 5.34. The molecule has 1 aromatic carbocycles. The largest absolute Gasteiger partial charge is 0.378 e. The van der Waals surface area contributed by atoms with E-state index in [2.05, 4.69) is 26.3 Å². The summed E-state index contributed by atoms with van der Waals surface area (Å²) < 4.78 is 15.9. The summed E-state index contributed by atoms with van der Waals surface area (Å²) in [4.78, 5) is 0. The number of rotatable bonds is 4. The van der Waals surface area contributed by atoms with Gasteiger partial charge in [0.15, 0.2) is 0 Å². The number of halogens is 3. The van der Waals surface area contributed by atoms with Crippen LogP contribution in [0, 0.1) is 12.7 Å². The number of aromatic nitrogens is 2. The SMILES string of the molecule is CCn1nc(C)c(Br)c1CNc1ccc(F)cc1Cl. The molecule has 3 nitrogen and oxygen atoms in total. The van der Waals surface area contributed by atoms with Crippen molar-refractivity contribution in [1.82, 2.24) is 9.78 Å². The lowest BCUT2D eigenvalue weighted by atomic mass is 10.3. The van der Waals surface area contributed by atoms with Crippen molar-refractivity contribution in [2.45, 2.75) is 26.9 Å². The van der Waals surface area contributed by atoms with E-state index in [4.69, 9.17) is 11.6 Å². The fourth-order valence-electron chi connectivity index (χ4n) is 1.85. The van der Waals surface area contributed by atoms with Gasteiger partial charge in [0, 0.05) is 6.54 Å². The Balaban J connectivity index is 2.18. The molecule has 0 bridgehead atoms. The maximum atomic E-state index is 13.0. The third kappa shape index (κ3) is 3.09. The Morgan fingerprint density at radius 3 is 2.84 bits per heavy atom. The maximum absolute atomic E-state index is 13.0. The summed E-state index contributed by atoms with van der Waals surface area (Å²) in [6.07, 6.45) is 0. The van der Waals surface area contributed by atoms with Crippen molar-refractivity contribution >= 4 is 33.2 Å². The van der Waals surface area contributed by atoms with Crippen LogP contribution in [0.5, 0.6) is 0 Å². The number of anilines is 1. The first kappa shape index (κ1) is 14.3. The van der Waals surface area contributed by atoms with Crippen LogP contribution in [0.15, 0.2) is 22.7 Å². The van der Waals surface area contributed by atoms with Crippen molar-refractivity contribution in [1.29, 1.82) is 0 Å². The molecular weight excluding hydrogens is 333 g/mol. The number of aryl methyl sites for hydroxylation is 2. The zero-order chi connectivity index (χ0) is 14.0. The molecule has 6 heteroatoms. The normalized spacial score (nSPS) is 10.8. The van der Waals surface area contributed by atoms with Crippen LogP contribution in [0.2, 0.25) is 5.02 Å². The highest BCUT2D eigenvalue weighted by atomic mass is 79.9. The van der Waals surface area contributed by atoms with Gasteiger partial charge in [0.05, 0.1) is 33.1 Å². The summed E-state index contributed by atoms with van der Waals surface area (Å²) in [5, 5.41) is 7.98. The topological polar surface area (TPSA) is 29.9 Å². The Hall–Kier alpha value is -1.07. The predicted octanol–water partition coefficient (Wildman–Crippen LogP) is 4.38. The standard InChI is InChI=1S/C13H14BrClFN3/c1-3-19-12(13(14)8(2)18-19)7-17-11-5-4-9(16)6-10(11)15/h4-6,17H,3,7H2,1-2H3. The number of nitrogens with one attached hydrogen (secondary N) is 1. The van der Waals surface area contributed by atoms with Crippen molar-refractivity contribution in [3.05, 3.63) is 44.9 Å². The summed E-state index contributed by atoms with van der Waals surface area (Å²) in [5.41, 5.74) is 2.70. The molecule has 0 aliphatic heterocycles. The van der Waals surface area contributed by atoms with Crippen LogP contribution in [0.3, 0.4) is 0 Å². The second-order valence-electron chi connectivity index (χ2n) is 4.14. The molecule has 0 amide bonds. The smallest absolute Gasteiger partial charge is 0.124 e. The van der Waals surface area contributed by atoms with Gasteiger partial charge in [0.25, 0.3) is 0 Å². The van der Waals surface area contributed by atoms with Crippen molar-refractivity contribution in [2.24, 2.45) is 0 Å². The van der Waals surface area contributed by atoms with Gasteiger partial charge >= 0.3 is 0 Å². The molecule has 0 radical (unpaired) electrons. The molecule has 0 fully saturated rings. The molecule has 0 atom stereocenters. The highest BCUT2D eigenvalue weighted by Crippen LogP contribution is 2.25. The molecule has 1 aromatic heterocycles. The van der Waals surface area contributed by atoms with E-state index in [1.54, 1.807) is 6.07 Å². The maximum Gasteiger partial charge on any atom is 0.124 e. The lowest BCUT2D eigenvalue weighted by molar-refractivity contribution is 0.621. The van der Waals surface area contributed by atoms with Crippen LogP contribution in [0.25, 0.3) is 0 Å². The number of nitrogens with zero attached hydrogens (tertiary/aromatic N) is 2. The zero-order valence-electron chi connectivity index (χ0n) is 10.7. The summed E-state index contributed by atoms with van der Waals surface area (Å²) >= 11 is 9.51. The molecule has 0 aliphatic rings. The highest BCUT2D eigenvalue weighted by Gasteiger charge is 2.12. The first-order valence-electron chi connectivity index (χ1n) is 5.93. The average Bonchev–Trinajstić information content (AvgIpc) is 2.65. The minimum atomic E-state index is -0.342. The van der Waals surface area contributed by atoms with Crippen molar-refractivity contribution in [2.75, 3.05) is 5.32 Å². The monoisotopic (exact) mass is 345 g/mol.